The molecule has 2 aromatic carbocycles. The molecule has 4 aromatic rings. The number of hydrogen-bond donors (Lipinski definition) is 0. The number of benzene rings is 2. The van der Waals surface area contributed by atoms with E-state index in [9.17, 15) is 0 Å². The highest BCUT2D eigenvalue weighted by Gasteiger charge is 2.08. The van der Waals surface area contributed by atoms with Crippen molar-refractivity contribution < 1.29 is 0 Å². The Kier molecular flexibility index (Phi) is 2.35. The van der Waals surface area contributed by atoms with Gasteiger partial charge in [0, 0.05) is 17.0 Å². The minimum Gasteiger partial charge on any atom is -0.256 e. The third-order valence-corrected chi connectivity index (χ3v) is 4.13. The maximum atomic E-state index is 4.58. The zero-order valence-electron chi connectivity index (χ0n) is 10.2. The topological polar surface area (TPSA) is 12.9 Å². The molecule has 4 rings (SSSR count). The summed E-state index contributed by atoms with van der Waals surface area (Å²) in [6.45, 7) is 0. The molecule has 0 atom stereocenters. The first-order valence-corrected chi connectivity index (χ1v) is 7.17. The van der Waals surface area contributed by atoms with E-state index >= 15 is 0 Å². The Morgan fingerprint density at radius 1 is 0.842 bits per heavy atom. The van der Waals surface area contributed by atoms with E-state index in [1.165, 1.54) is 27.3 Å². The number of nitrogens with zero attached hydrogens (tertiary/aromatic N) is 1. The average molecular weight is 261 g/mol. The Labute approximate surface area is 115 Å². The molecule has 0 bridgehead atoms. The number of fused-ring (bicyclic) bond motifs is 3. The molecular formula is C17H11NS. The molecule has 0 spiro atoms. The third kappa shape index (κ3) is 1.65. The lowest BCUT2D eigenvalue weighted by molar-refractivity contribution is 1.43. The minimum absolute atomic E-state index is 1.08. The van der Waals surface area contributed by atoms with Crippen LogP contribution in [0.25, 0.3) is 32.8 Å². The Morgan fingerprint density at radius 3 is 2.63 bits per heavy atom. The smallest absolute Gasteiger partial charge is 0.0786 e. The lowest BCUT2D eigenvalue weighted by Crippen LogP contribution is -1.84. The van der Waals surface area contributed by atoms with E-state index in [2.05, 4.69) is 58.2 Å². The van der Waals surface area contributed by atoms with Gasteiger partial charge in [-0.2, -0.15) is 11.3 Å². The Bertz CT molecular complexity index is 863. The van der Waals surface area contributed by atoms with E-state index in [1.54, 1.807) is 11.3 Å². The quantitative estimate of drug-likeness (QED) is 0.433. The van der Waals surface area contributed by atoms with Crippen molar-refractivity contribution in [1.29, 1.82) is 0 Å². The summed E-state index contributed by atoms with van der Waals surface area (Å²) in [6.07, 6.45) is 1.87. The summed E-state index contributed by atoms with van der Waals surface area (Å²) in [5.41, 5.74) is 3.62. The Hall–Kier alpha value is -2.19. The molecule has 0 aliphatic carbocycles. The van der Waals surface area contributed by atoms with Gasteiger partial charge in [0.2, 0.25) is 0 Å². The van der Waals surface area contributed by atoms with Crippen LogP contribution in [0.5, 0.6) is 0 Å². The second kappa shape index (κ2) is 4.18. The molecule has 0 aliphatic rings. The summed E-state index contributed by atoms with van der Waals surface area (Å²) >= 11 is 1.73. The monoisotopic (exact) mass is 261 g/mol. The predicted molar refractivity (Wildman–Crippen MR) is 82.6 cm³/mol. The maximum absolute atomic E-state index is 4.58. The van der Waals surface area contributed by atoms with Gasteiger partial charge in [0.25, 0.3) is 0 Å². The van der Waals surface area contributed by atoms with Crippen LogP contribution in [0, 0.1) is 0 Å². The largest absolute Gasteiger partial charge is 0.256 e. The van der Waals surface area contributed by atoms with Crippen LogP contribution in [0.2, 0.25) is 0 Å². The summed E-state index contributed by atoms with van der Waals surface area (Å²) in [4.78, 5) is 4.58. The molecule has 0 N–H and O–H groups in total. The van der Waals surface area contributed by atoms with E-state index in [0.29, 0.717) is 0 Å². The molecule has 2 heterocycles. The van der Waals surface area contributed by atoms with Crippen molar-refractivity contribution in [1.82, 2.24) is 4.98 Å². The van der Waals surface area contributed by atoms with Gasteiger partial charge in [-0.05, 0) is 39.4 Å². The summed E-state index contributed by atoms with van der Waals surface area (Å²) in [6, 6.07) is 17.0. The van der Waals surface area contributed by atoms with Crippen molar-refractivity contribution in [2.75, 3.05) is 0 Å². The fraction of sp³-hybridized carbons (Fsp3) is 0. The molecule has 0 unspecified atom stereocenters. The first-order chi connectivity index (χ1) is 9.43. The molecule has 2 aromatic heterocycles. The molecule has 0 saturated heterocycles. The van der Waals surface area contributed by atoms with Crippen molar-refractivity contribution in [2.24, 2.45) is 0 Å². The van der Waals surface area contributed by atoms with Crippen LogP contribution in [-0.4, -0.2) is 4.98 Å². The fourth-order valence-corrected chi connectivity index (χ4v) is 3.23. The van der Waals surface area contributed by atoms with E-state index in [1.807, 2.05) is 12.3 Å². The van der Waals surface area contributed by atoms with Gasteiger partial charge in [-0.3, -0.25) is 4.98 Å². The number of aromatic nitrogens is 1. The van der Waals surface area contributed by atoms with Crippen LogP contribution in [0.1, 0.15) is 0 Å². The van der Waals surface area contributed by atoms with Crippen LogP contribution in [-0.2, 0) is 0 Å². The average Bonchev–Trinajstić information content (AvgIpc) is 3.00. The molecule has 90 valence electrons. The van der Waals surface area contributed by atoms with Crippen molar-refractivity contribution in [3.63, 3.8) is 0 Å². The Morgan fingerprint density at radius 2 is 1.74 bits per heavy atom. The predicted octanol–water partition coefficient (Wildman–Crippen LogP) is 5.12. The second-order valence-corrected chi connectivity index (χ2v) is 5.34. The van der Waals surface area contributed by atoms with Gasteiger partial charge in [-0.25, -0.2) is 0 Å². The lowest BCUT2D eigenvalue weighted by atomic mass is 9.98. The summed E-state index contributed by atoms with van der Waals surface area (Å²) in [5, 5.41) is 8.00. The minimum atomic E-state index is 1.08. The van der Waals surface area contributed by atoms with Crippen LogP contribution in [0.15, 0.2) is 65.5 Å². The molecule has 0 amide bonds. The molecule has 2 heteroatoms. The summed E-state index contributed by atoms with van der Waals surface area (Å²) < 4.78 is 0. The van der Waals surface area contributed by atoms with E-state index < -0.39 is 0 Å². The SMILES string of the molecule is c1cnc2c(c1)ccc1cccc(-c3ccsc3)c12. The summed E-state index contributed by atoms with van der Waals surface area (Å²) in [5.74, 6) is 0. The number of rotatable bonds is 1. The van der Waals surface area contributed by atoms with Gasteiger partial charge in [0.1, 0.15) is 0 Å². The Balaban J connectivity index is 2.22. The van der Waals surface area contributed by atoms with Crippen molar-refractivity contribution in [3.05, 3.63) is 65.5 Å². The van der Waals surface area contributed by atoms with Gasteiger partial charge in [-0.1, -0.05) is 36.4 Å². The summed E-state index contributed by atoms with van der Waals surface area (Å²) in [7, 11) is 0. The van der Waals surface area contributed by atoms with Gasteiger partial charge in [0.05, 0.1) is 5.52 Å². The van der Waals surface area contributed by atoms with Gasteiger partial charge in [0.15, 0.2) is 0 Å². The van der Waals surface area contributed by atoms with Gasteiger partial charge >= 0.3 is 0 Å². The van der Waals surface area contributed by atoms with Crippen LogP contribution < -0.4 is 0 Å². The first kappa shape index (κ1) is 10.7. The highest BCUT2D eigenvalue weighted by Crippen LogP contribution is 2.34. The first-order valence-electron chi connectivity index (χ1n) is 6.22. The van der Waals surface area contributed by atoms with Crippen molar-refractivity contribution in [2.45, 2.75) is 0 Å². The molecule has 0 saturated carbocycles. The molecule has 0 aliphatic heterocycles. The zero-order chi connectivity index (χ0) is 12.7. The van der Waals surface area contributed by atoms with Crippen molar-refractivity contribution in [3.8, 4) is 11.1 Å². The third-order valence-electron chi connectivity index (χ3n) is 3.45. The highest BCUT2D eigenvalue weighted by molar-refractivity contribution is 7.08. The van der Waals surface area contributed by atoms with E-state index in [-0.39, 0.29) is 0 Å². The highest BCUT2D eigenvalue weighted by atomic mass is 32.1. The molecule has 0 fully saturated rings. The number of thiophene rings is 1. The zero-order valence-corrected chi connectivity index (χ0v) is 11.0. The standard InChI is InChI=1S/C17H11NS/c1-3-12-6-7-13-4-2-9-18-17(13)16(12)15(5-1)14-8-10-19-11-14/h1-11H. The maximum Gasteiger partial charge on any atom is 0.0786 e. The molecule has 19 heavy (non-hydrogen) atoms. The van der Waals surface area contributed by atoms with Crippen LogP contribution >= 0.6 is 11.3 Å². The van der Waals surface area contributed by atoms with Crippen LogP contribution in [0.3, 0.4) is 0 Å². The van der Waals surface area contributed by atoms with E-state index in [4.69, 9.17) is 0 Å². The second-order valence-electron chi connectivity index (χ2n) is 4.56. The molecule has 0 radical (unpaired) electrons. The fourth-order valence-electron chi connectivity index (χ4n) is 2.57. The number of pyridine rings is 1. The number of hydrogen-bond acceptors (Lipinski definition) is 2. The van der Waals surface area contributed by atoms with Gasteiger partial charge < -0.3 is 0 Å². The molecule has 1 nitrogen and oxygen atoms in total. The van der Waals surface area contributed by atoms with Crippen LogP contribution in [0.4, 0.5) is 0 Å². The molecular weight excluding hydrogens is 250 g/mol. The van der Waals surface area contributed by atoms with Gasteiger partial charge in [-0.15, -0.1) is 0 Å². The van der Waals surface area contributed by atoms with Crippen molar-refractivity contribution >= 4 is 33.0 Å². The normalized spacial score (nSPS) is 11.2. The lowest BCUT2D eigenvalue weighted by Gasteiger charge is -2.08. The van der Waals surface area contributed by atoms with E-state index in [0.717, 1.165) is 5.52 Å².